The van der Waals surface area contributed by atoms with Crippen molar-refractivity contribution in [1.82, 2.24) is 0 Å². The number of rotatable bonds is 5. The van der Waals surface area contributed by atoms with E-state index in [1.807, 2.05) is 6.92 Å². The van der Waals surface area contributed by atoms with Crippen molar-refractivity contribution >= 4 is 29.2 Å². The molecule has 0 aliphatic heterocycles. The number of amides is 1. The molecule has 0 radical (unpaired) electrons. The Labute approximate surface area is 134 Å². The third-order valence-electron chi connectivity index (χ3n) is 2.88. The SMILES string of the molecule is CCCOC(=O)c1cccc(NC(=O)c2cccc(Cl)c2)c1. The molecule has 0 aliphatic carbocycles. The number of hydrogen-bond donors (Lipinski definition) is 1. The van der Waals surface area contributed by atoms with Crippen LogP contribution in [0.1, 0.15) is 34.1 Å². The standard InChI is InChI=1S/C17H16ClNO3/c1-2-9-22-17(21)13-6-4-8-15(11-13)19-16(20)12-5-3-7-14(18)10-12/h3-8,10-11H,2,9H2,1H3,(H,19,20). The van der Waals surface area contributed by atoms with Crippen LogP contribution in [0.5, 0.6) is 0 Å². The van der Waals surface area contributed by atoms with E-state index in [0.717, 1.165) is 6.42 Å². The molecule has 2 aromatic rings. The summed E-state index contributed by atoms with van der Waals surface area (Å²) in [7, 11) is 0. The summed E-state index contributed by atoms with van der Waals surface area (Å²) in [5, 5.41) is 3.22. The van der Waals surface area contributed by atoms with Gasteiger partial charge in [-0.25, -0.2) is 4.79 Å². The van der Waals surface area contributed by atoms with E-state index in [1.165, 1.54) is 0 Å². The second-order valence-electron chi connectivity index (χ2n) is 4.68. The lowest BCUT2D eigenvalue weighted by Crippen LogP contribution is -2.13. The van der Waals surface area contributed by atoms with Gasteiger partial charge in [-0.1, -0.05) is 30.7 Å². The maximum Gasteiger partial charge on any atom is 0.338 e. The van der Waals surface area contributed by atoms with Gasteiger partial charge in [-0.05, 0) is 42.8 Å². The van der Waals surface area contributed by atoms with Crippen LogP contribution in [0.4, 0.5) is 5.69 Å². The number of esters is 1. The number of anilines is 1. The Hall–Kier alpha value is -2.33. The first-order chi connectivity index (χ1) is 10.6. The number of carbonyl (C=O) groups is 2. The van der Waals surface area contributed by atoms with E-state index in [-0.39, 0.29) is 5.91 Å². The Bertz CT molecular complexity index is 685. The maximum absolute atomic E-state index is 12.1. The molecular weight excluding hydrogens is 302 g/mol. The maximum atomic E-state index is 12.1. The van der Waals surface area contributed by atoms with E-state index in [0.29, 0.717) is 28.4 Å². The third-order valence-corrected chi connectivity index (χ3v) is 3.12. The largest absolute Gasteiger partial charge is 0.462 e. The fourth-order valence-corrected chi connectivity index (χ4v) is 2.03. The minimum absolute atomic E-state index is 0.290. The molecule has 1 amide bonds. The van der Waals surface area contributed by atoms with Gasteiger partial charge in [0.15, 0.2) is 0 Å². The molecule has 0 saturated carbocycles. The van der Waals surface area contributed by atoms with Gasteiger partial charge in [0.25, 0.3) is 5.91 Å². The number of halogens is 1. The quantitative estimate of drug-likeness (QED) is 0.842. The summed E-state index contributed by atoms with van der Waals surface area (Å²) in [4.78, 5) is 23.9. The van der Waals surface area contributed by atoms with Gasteiger partial charge in [-0.3, -0.25) is 4.79 Å². The van der Waals surface area contributed by atoms with Gasteiger partial charge in [0.2, 0.25) is 0 Å². The topological polar surface area (TPSA) is 55.4 Å². The zero-order valence-electron chi connectivity index (χ0n) is 12.1. The molecule has 5 heteroatoms. The average molecular weight is 318 g/mol. The molecule has 0 unspecified atom stereocenters. The van der Waals surface area contributed by atoms with Crippen molar-refractivity contribution in [3.63, 3.8) is 0 Å². The van der Waals surface area contributed by atoms with E-state index in [4.69, 9.17) is 16.3 Å². The van der Waals surface area contributed by atoms with Crippen molar-refractivity contribution in [2.24, 2.45) is 0 Å². The molecule has 0 fully saturated rings. The smallest absolute Gasteiger partial charge is 0.338 e. The van der Waals surface area contributed by atoms with Crippen molar-refractivity contribution in [1.29, 1.82) is 0 Å². The number of ether oxygens (including phenoxy) is 1. The summed E-state index contributed by atoms with van der Waals surface area (Å²) in [6, 6.07) is 13.3. The van der Waals surface area contributed by atoms with Crippen molar-refractivity contribution in [3.05, 3.63) is 64.7 Å². The van der Waals surface area contributed by atoms with Gasteiger partial charge in [0.05, 0.1) is 12.2 Å². The monoisotopic (exact) mass is 317 g/mol. The van der Waals surface area contributed by atoms with Crippen LogP contribution in [-0.4, -0.2) is 18.5 Å². The first-order valence-corrected chi connectivity index (χ1v) is 7.32. The molecule has 0 bridgehead atoms. The van der Waals surface area contributed by atoms with Crippen LogP contribution < -0.4 is 5.32 Å². The number of hydrogen-bond acceptors (Lipinski definition) is 3. The van der Waals surface area contributed by atoms with E-state index in [1.54, 1.807) is 48.5 Å². The number of carbonyl (C=O) groups excluding carboxylic acids is 2. The molecule has 0 atom stereocenters. The average Bonchev–Trinajstić information content (AvgIpc) is 2.52. The van der Waals surface area contributed by atoms with Crippen molar-refractivity contribution in [3.8, 4) is 0 Å². The first kappa shape index (κ1) is 16.0. The summed E-state index contributed by atoms with van der Waals surface area (Å²) < 4.78 is 5.07. The number of nitrogens with one attached hydrogen (secondary N) is 1. The van der Waals surface area contributed by atoms with E-state index in [2.05, 4.69) is 5.32 Å². The fourth-order valence-electron chi connectivity index (χ4n) is 1.83. The van der Waals surface area contributed by atoms with Crippen LogP contribution in [-0.2, 0) is 4.74 Å². The van der Waals surface area contributed by atoms with Gasteiger partial charge in [0, 0.05) is 16.3 Å². The molecule has 22 heavy (non-hydrogen) atoms. The highest BCUT2D eigenvalue weighted by molar-refractivity contribution is 6.31. The van der Waals surface area contributed by atoms with E-state index < -0.39 is 5.97 Å². The van der Waals surface area contributed by atoms with E-state index in [9.17, 15) is 9.59 Å². The van der Waals surface area contributed by atoms with Crippen molar-refractivity contribution in [2.75, 3.05) is 11.9 Å². The van der Waals surface area contributed by atoms with Gasteiger partial charge in [-0.2, -0.15) is 0 Å². The highest BCUT2D eigenvalue weighted by Crippen LogP contribution is 2.15. The lowest BCUT2D eigenvalue weighted by atomic mass is 10.1. The Morgan fingerprint density at radius 1 is 1.09 bits per heavy atom. The lowest BCUT2D eigenvalue weighted by Gasteiger charge is -2.08. The minimum atomic E-state index is -0.402. The molecule has 4 nitrogen and oxygen atoms in total. The van der Waals surface area contributed by atoms with Crippen LogP contribution >= 0.6 is 11.6 Å². The first-order valence-electron chi connectivity index (χ1n) is 6.94. The molecule has 0 aromatic heterocycles. The Morgan fingerprint density at radius 2 is 1.82 bits per heavy atom. The summed E-state index contributed by atoms with van der Waals surface area (Å²) in [5.41, 5.74) is 1.37. The summed E-state index contributed by atoms with van der Waals surface area (Å²) in [6.45, 7) is 2.30. The van der Waals surface area contributed by atoms with Crippen LogP contribution in [0.3, 0.4) is 0 Å². The molecular formula is C17H16ClNO3. The Kier molecular flexibility index (Phi) is 5.55. The second kappa shape index (κ2) is 7.61. The summed E-state index contributed by atoms with van der Waals surface area (Å²) in [6.07, 6.45) is 0.761. The Balaban J connectivity index is 2.10. The van der Waals surface area contributed by atoms with Gasteiger partial charge in [-0.15, -0.1) is 0 Å². The molecule has 2 rings (SSSR count). The molecule has 0 aliphatic rings. The second-order valence-corrected chi connectivity index (χ2v) is 5.12. The fraction of sp³-hybridized carbons (Fsp3) is 0.176. The molecule has 2 aromatic carbocycles. The highest BCUT2D eigenvalue weighted by atomic mass is 35.5. The third kappa shape index (κ3) is 4.33. The van der Waals surface area contributed by atoms with Crippen LogP contribution in [0.2, 0.25) is 5.02 Å². The van der Waals surface area contributed by atoms with Crippen LogP contribution in [0.25, 0.3) is 0 Å². The zero-order chi connectivity index (χ0) is 15.9. The Morgan fingerprint density at radius 3 is 2.55 bits per heavy atom. The number of benzene rings is 2. The predicted molar refractivity (Wildman–Crippen MR) is 86.4 cm³/mol. The normalized spacial score (nSPS) is 10.1. The van der Waals surface area contributed by atoms with Crippen molar-refractivity contribution in [2.45, 2.75) is 13.3 Å². The van der Waals surface area contributed by atoms with Gasteiger partial charge >= 0.3 is 5.97 Å². The molecule has 0 heterocycles. The summed E-state index contributed by atoms with van der Waals surface area (Å²) >= 11 is 5.87. The van der Waals surface area contributed by atoms with Gasteiger partial charge in [0.1, 0.15) is 0 Å². The van der Waals surface area contributed by atoms with Crippen LogP contribution in [0.15, 0.2) is 48.5 Å². The minimum Gasteiger partial charge on any atom is -0.462 e. The highest BCUT2D eigenvalue weighted by Gasteiger charge is 2.10. The van der Waals surface area contributed by atoms with Crippen LogP contribution in [0, 0.1) is 0 Å². The van der Waals surface area contributed by atoms with Crippen molar-refractivity contribution < 1.29 is 14.3 Å². The molecule has 0 saturated heterocycles. The van der Waals surface area contributed by atoms with E-state index >= 15 is 0 Å². The van der Waals surface area contributed by atoms with Gasteiger partial charge < -0.3 is 10.1 Å². The molecule has 0 spiro atoms. The molecule has 114 valence electrons. The summed E-state index contributed by atoms with van der Waals surface area (Å²) in [5.74, 6) is -0.692. The lowest BCUT2D eigenvalue weighted by molar-refractivity contribution is 0.0505. The molecule has 1 N–H and O–H groups in total. The predicted octanol–water partition coefficient (Wildman–Crippen LogP) is 4.16. The zero-order valence-corrected chi connectivity index (χ0v) is 12.9.